The van der Waals surface area contributed by atoms with Gasteiger partial charge in [-0.15, -0.1) is 6.58 Å². The average Bonchev–Trinajstić information content (AvgIpc) is 2.96. The maximum absolute atomic E-state index is 11.7. The summed E-state index contributed by atoms with van der Waals surface area (Å²) in [5, 5.41) is 6.03. The number of aromatic amines is 1. The van der Waals surface area contributed by atoms with Crippen LogP contribution in [0.2, 0.25) is 0 Å². The molecule has 0 atom stereocenters. The molecule has 4 nitrogen and oxygen atoms in total. The van der Waals surface area contributed by atoms with Crippen molar-refractivity contribution in [2.75, 3.05) is 11.9 Å². The summed E-state index contributed by atoms with van der Waals surface area (Å²) >= 11 is 0. The van der Waals surface area contributed by atoms with Crippen LogP contribution in [0.5, 0.6) is 0 Å². The van der Waals surface area contributed by atoms with E-state index < -0.39 is 0 Å². The predicted molar refractivity (Wildman–Crippen MR) is 77.1 cm³/mol. The van der Waals surface area contributed by atoms with Crippen LogP contribution >= 0.6 is 0 Å². The average molecular weight is 255 g/mol. The van der Waals surface area contributed by atoms with Crippen molar-refractivity contribution in [3.05, 3.63) is 66.5 Å². The first-order valence-corrected chi connectivity index (χ1v) is 6.14. The number of amides is 1. The molecule has 1 heterocycles. The Morgan fingerprint density at radius 3 is 2.68 bits per heavy atom. The largest absolute Gasteiger partial charge is 0.381 e. The van der Waals surface area contributed by atoms with Gasteiger partial charge in [0.05, 0.1) is 0 Å². The lowest BCUT2D eigenvalue weighted by Crippen LogP contribution is -2.23. The lowest BCUT2D eigenvalue weighted by atomic mass is 10.2. The van der Waals surface area contributed by atoms with Crippen LogP contribution < -0.4 is 10.6 Å². The Kier molecular flexibility index (Phi) is 4.39. The van der Waals surface area contributed by atoms with Crippen LogP contribution in [0, 0.1) is 0 Å². The molecule has 1 aromatic heterocycles. The molecule has 1 amide bonds. The molecule has 0 saturated heterocycles. The number of H-pyrrole nitrogens is 1. The molecule has 0 aliphatic heterocycles. The normalized spacial score (nSPS) is 9.89. The second kappa shape index (κ2) is 6.44. The van der Waals surface area contributed by atoms with Gasteiger partial charge in [0.2, 0.25) is 0 Å². The van der Waals surface area contributed by atoms with E-state index in [1.54, 1.807) is 18.2 Å². The quantitative estimate of drug-likeness (QED) is 0.695. The zero-order valence-electron chi connectivity index (χ0n) is 10.6. The van der Waals surface area contributed by atoms with E-state index in [4.69, 9.17) is 0 Å². The maximum Gasteiger partial charge on any atom is 0.251 e. The Bertz CT molecular complexity index is 529. The first-order valence-electron chi connectivity index (χ1n) is 6.14. The molecular formula is C15H17N3O. The fraction of sp³-hybridized carbons (Fsp3) is 0.133. The zero-order valence-corrected chi connectivity index (χ0v) is 10.6. The number of benzene rings is 1. The van der Waals surface area contributed by atoms with E-state index in [1.165, 1.54) is 5.56 Å². The number of rotatable bonds is 6. The van der Waals surface area contributed by atoms with E-state index in [9.17, 15) is 4.79 Å². The van der Waals surface area contributed by atoms with Gasteiger partial charge in [-0.2, -0.15) is 0 Å². The third-order valence-corrected chi connectivity index (χ3v) is 2.71. The summed E-state index contributed by atoms with van der Waals surface area (Å²) in [6.45, 7) is 4.80. The highest BCUT2D eigenvalue weighted by Crippen LogP contribution is 2.11. The molecule has 4 heteroatoms. The number of aromatic nitrogens is 1. The minimum Gasteiger partial charge on any atom is -0.381 e. The first kappa shape index (κ1) is 13.0. The summed E-state index contributed by atoms with van der Waals surface area (Å²) in [4.78, 5) is 14.7. The molecule has 98 valence electrons. The van der Waals surface area contributed by atoms with Gasteiger partial charge >= 0.3 is 0 Å². The van der Waals surface area contributed by atoms with E-state index in [2.05, 4.69) is 22.2 Å². The SMILES string of the molecule is C=CCNC(=O)c1ccc(NCc2cc[nH]c2)cc1. The summed E-state index contributed by atoms with van der Waals surface area (Å²) in [6, 6.07) is 9.42. The molecule has 0 aliphatic carbocycles. The van der Waals surface area contributed by atoms with Gasteiger partial charge < -0.3 is 15.6 Å². The van der Waals surface area contributed by atoms with Crippen molar-refractivity contribution < 1.29 is 4.79 Å². The summed E-state index contributed by atoms with van der Waals surface area (Å²) in [5.41, 5.74) is 2.82. The van der Waals surface area contributed by atoms with Crippen molar-refractivity contribution in [3.8, 4) is 0 Å². The molecular weight excluding hydrogens is 238 g/mol. The Balaban J connectivity index is 1.90. The predicted octanol–water partition coefficient (Wildman–Crippen LogP) is 2.54. The summed E-state index contributed by atoms with van der Waals surface area (Å²) < 4.78 is 0. The van der Waals surface area contributed by atoms with Crippen LogP contribution in [0.15, 0.2) is 55.4 Å². The number of nitrogens with one attached hydrogen (secondary N) is 3. The Morgan fingerprint density at radius 1 is 1.26 bits per heavy atom. The van der Waals surface area contributed by atoms with Crippen molar-refractivity contribution in [2.24, 2.45) is 0 Å². The monoisotopic (exact) mass is 255 g/mol. The zero-order chi connectivity index (χ0) is 13.5. The molecule has 0 fully saturated rings. The Labute approximate surface area is 112 Å². The van der Waals surface area contributed by atoms with E-state index in [0.29, 0.717) is 12.1 Å². The van der Waals surface area contributed by atoms with Gasteiger partial charge in [0.1, 0.15) is 0 Å². The highest BCUT2D eigenvalue weighted by atomic mass is 16.1. The maximum atomic E-state index is 11.7. The molecule has 0 aliphatic rings. The van der Waals surface area contributed by atoms with Crippen LogP contribution in [0.3, 0.4) is 0 Å². The Hall–Kier alpha value is -2.49. The van der Waals surface area contributed by atoms with Crippen molar-refractivity contribution >= 4 is 11.6 Å². The lowest BCUT2D eigenvalue weighted by molar-refractivity contribution is 0.0958. The molecule has 2 aromatic rings. The third-order valence-electron chi connectivity index (χ3n) is 2.71. The van der Waals surface area contributed by atoms with Crippen molar-refractivity contribution in [3.63, 3.8) is 0 Å². The Morgan fingerprint density at radius 2 is 2.05 bits per heavy atom. The molecule has 0 bridgehead atoms. The standard InChI is InChI=1S/C15H17N3O/c1-2-8-17-15(19)13-3-5-14(6-4-13)18-11-12-7-9-16-10-12/h2-7,9-10,16,18H,1,8,11H2,(H,17,19). The van der Waals surface area contributed by atoms with Gasteiger partial charge in [0, 0.05) is 36.7 Å². The third kappa shape index (κ3) is 3.74. The minimum absolute atomic E-state index is 0.0860. The molecule has 0 unspecified atom stereocenters. The van der Waals surface area contributed by atoms with Crippen LogP contribution in [-0.4, -0.2) is 17.4 Å². The molecule has 0 spiro atoms. The second-order valence-corrected chi connectivity index (χ2v) is 4.15. The number of hydrogen-bond donors (Lipinski definition) is 3. The molecule has 0 saturated carbocycles. The topological polar surface area (TPSA) is 56.9 Å². The van der Waals surface area contributed by atoms with Crippen LogP contribution in [-0.2, 0) is 6.54 Å². The van der Waals surface area contributed by atoms with E-state index in [1.807, 2.05) is 30.6 Å². The van der Waals surface area contributed by atoms with Crippen molar-refractivity contribution in [2.45, 2.75) is 6.54 Å². The van der Waals surface area contributed by atoms with Gasteiger partial charge in [-0.05, 0) is 35.9 Å². The number of carbonyl (C=O) groups is 1. The molecule has 1 aromatic carbocycles. The van der Waals surface area contributed by atoms with E-state index in [0.717, 1.165) is 12.2 Å². The van der Waals surface area contributed by atoms with Gasteiger partial charge in [0.15, 0.2) is 0 Å². The summed E-state index contributed by atoms with van der Waals surface area (Å²) in [6.07, 6.45) is 5.50. The first-order chi connectivity index (χ1) is 9.29. The van der Waals surface area contributed by atoms with E-state index >= 15 is 0 Å². The van der Waals surface area contributed by atoms with Gasteiger partial charge in [-0.25, -0.2) is 0 Å². The molecule has 2 rings (SSSR count). The van der Waals surface area contributed by atoms with Crippen LogP contribution in [0.4, 0.5) is 5.69 Å². The number of hydrogen-bond acceptors (Lipinski definition) is 2. The van der Waals surface area contributed by atoms with E-state index in [-0.39, 0.29) is 5.91 Å². The highest BCUT2D eigenvalue weighted by molar-refractivity contribution is 5.94. The summed E-state index contributed by atoms with van der Waals surface area (Å²) in [5.74, 6) is -0.0860. The number of carbonyl (C=O) groups excluding carboxylic acids is 1. The fourth-order valence-electron chi connectivity index (χ4n) is 1.68. The fourth-order valence-corrected chi connectivity index (χ4v) is 1.68. The van der Waals surface area contributed by atoms with Crippen molar-refractivity contribution in [1.82, 2.24) is 10.3 Å². The second-order valence-electron chi connectivity index (χ2n) is 4.15. The molecule has 19 heavy (non-hydrogen) atoms. The van der Waals surface area contributed by atoms with Gasteiger partial charge in [-0.1, -0.05) is 6.08 Å². The number of anilines is 1. The van der Waals surface area contributed by atoms with Crippen LogP contribution in [0.25, 0.3) is 0 Å². The van der Waals surface area contributed by atoms with Gasteiger partial charge in [0.25, 0.3) is 5.91 Å². The smallest absolute Gasteiger partial charge is 0.251 e. The molecule has 3 N–H and O–H groups in total. The lowest BCUT2D eigenvalue weighted by Gasteiger charge is -2.06. The molecule has 0 radical (unpaired) electrons. The minimum atomic E-state index is -0.0860. The van der Waals surface area contributed by atoms with Crippen molar-refractivity contribution in [1.29, 1.82) is 0 Å². The highest BCUT2D eigenvalue weighted by Gasteiger charge is 2.03. The summed E-state index contributed by atoms with van der Waals surface area (Å²) in [7, 11) is 0. The van der Waals surface area contributed by atoms with Gasteiger partial charge in [-0.3, -0.25) is 4.79 Å². The van der Waals surface area contributed by atoms with Crippen LogP contribution in [0.1, 0.15) is 15.9 Å².